The quantitative estimate of drug-likeness (QED) is 0.182. The van der Waals surface area contributed by atoms with E-state index in [4.69, 9.17) is 19.3 Å². The van der Waals surface area contributed by atoms with Crippen molar-refractivity contribution < 1.29 is 33.0 Å². The first-order valence-corrected chi connectivity index (χ1v) is 19.8. The second-order valence-electron chi connectivity index (χ2n) is 15.9. The molecule has 0 spiro atoms. The number of carbonyl (C=O) groups excluding carboxylic acids is 3. The Hall–Kier alpha value is -5.08. The molecule has 4 aromatic rings. The molecule has 13 nitrogen and oxygen atoms in total. The average Bonchev–Trinajstić information content (AvgIpc) is 3.76. The number of carbonyl (C=O) groups is 3. The highest BCUT2D eigenvalue weighted by atomic mass is 19.1. The lowest BCUT2D eigenvalue weighted by Gasteiger charge is -2.39. The van der Waals surface area contributed by atoms with E-state index in [0.29, 0.717) is 42.4 Å². The number of halogens is 1. The van der Waals surface area contributed by atoms with E-state index in [-0.39, 0.29) is 42.1 Å². The number of hydrogen-bond acceptors (Lipinski definition) is 9. The van der Waals surface area contributed by atoms with Gasteiger partial charge in [-0.2, -0.15) is 5.10 Å². The molecule has 2 N–H and O–H groups in total. The van der Waals surface area contributed by atoms with Gasteiger partial charge in [0.25, 0.3) is 17.4 Å². The van der Waals surface area contributed by atoms with Crippen LogP contribution in [0.5, 0.6) is 11.5 Å². The number of fused-ring (bicyclic) bond motifs is 1. The van der Waals surface area contributed by atoms with Gasteiger partial charge in [-0.25, -0.2) is 4.39 Å². The molecule has 4 atom stereocenters. The molecule has 4 aliphatic rings. The van der Waals surface area contributed by atoms with Crippen LogP contribution in [0.1, 0.15) is 86.8 Å². The Morgan fingerprint density at radius 2 is 1.86 bits per heavy atom. The van der Waals surface area contributed by atoms with Crippen molar-refractivity contribution in [2.24, 2.45) is 5.92 Å². The number of amides is 3. The zero-order chi connectivity index (χ0) is 38.9. The molecular weight excluding hydrogens is 719 g/mol. The Labute approximate surface area is 324 Å². The number of ether oxygens (including phenoxy) is 3. The van der Waals surface area contributed by atoms with Gasteiger partial charge in [-0.1, -0.05) is 12.1 Å². The minimum absolute atomic E-state index is 0.0934. The Morgan fingerprint density at radius 3 is 2.59 bits per heavy atom. The number of alkyl halides is 1. The minimum atomic E-state index is -1.05. The maximum Gasteiger partial charge on any atom is 0.274 e. The number of imide groups is 1. The summed E-state index contributed by atoms with van der Waals surface area (Å²) in [6.07, 6.45) is 7.59. The highest BCUT2D eigenvalue weighted by Gasteiger charge is 2.40. The van der Waals surface area contributed by atoms with Crippen molar-refractivity contribution in [3.63, 3.8) is 0 Å². The zero-order valence-corrected chi connectivity index (χ0v) is 31.8. The number of nitrogens with zero attached hydrogens (tertiary/aromatic N) is 4. The largest absolute Gasteiger partial charge is 0.490 e. The lowest BCUT2D eigenvalue weighted by molar-refractivity contribution is -0.138. The van der Waals surface area contributed by atoms with Crippen LogP contribution in [0.15, 0.2) is 65.7 Å². The number of nitrogens with one attached hydrogen (secondary N) is 2. The van der Waals surface area contributed by atoms with Crippen LogP contribution in [0.25, 0.3) is 10.9 Å². The van der Waals surface area contributed by atoms with Crippen molar-refractivity contribution in [1.29, 1.82) is 0 Å². The van der Waals surface area contributed by atoms with Crippen molar-refractivity contribution >= 4 is 34.3 Å². The molecular formula is C42H49FN6O7. The number of anilines is 1. The third-order valence-corrected chi connectivity index (χ3v) is 11.4. The van der Waals surface area contributed by atoms with Gasteiger partial charge in [0, 0.05) is 62.2 Å². The summed E-state index contributed by atoms with van der Waals surface area (Å²) in [6.45, 7) is 7.07. The number of benzene rings is 2. The summed E-state index contributed by atoms with van der Waals surface area (Å²) in [5.41, 5.74) is 1.87. The van der Waals surface area contributed by atoms with E-state index in [2.05, 4.69) is 15.5 Å². The predicted molar refractivity (Wildman–Crippen MR) is 207 cm³/mol. The summed E-state index contributed by atoms with van der Waals surface area (Å²) in [5, 5.41) is 10.8. The maximum absolute atomic E-state index is 13.7. The van der Waals surface area contributed by atoms with Gasteiger partial charge in [-0.05, 0) is 87.8 Å². The van der Waals surface area contributed by atoms with Crippen LogP contribution < -0.4 is 25.7 Å². The van der Waals surface area contributed by atoms with Crippen molar-refractivity contribution in [2.45, 2.75) is 102 Å². The fraction of sp³-hybridized carbons (Fsp3) is 0.500. The Kier molecular flexibility index (Phi) is 10.9. The topological polar surface area (TPSA) is 146 Å². The fourth-order valence-corrected chi connectivity index (χ4v) is 8.25. The minimum Gasteiger partial charge on any atom is -0.490 e. The maximum atomic E-state index is 13.7. The van der Waals surface area contributed by atoms with E-state index in [1.54, 1.807) is 24.4 Å². The monoisotopic (exact) mass is 768 g/mol. The summed E-state index contributed by atoms with van der Waals surface area (Å²) in [6, 6.07) is 14.6. The van der Waals surface area contributed by atoms with Crippen molar-refractivity contribution in [3.05, 3.63) is 82.4 Å². The van der Waals surface area contributed by atoms with Gasteiger partial charge in [0.2, 0.25) is 5.91 Å². The van der Waals surface area contributed by atoms with E-state index in [0.717, 1.165) is 62.7 Å². The van der Waals surface area contributed by atoms with Crippen LogP contribution in [-0.2, 0) is 20.7 Å². The first-order chi connectivity index (χ1) is 27.1. The number of rotatable bonds is 12. The van der Waals surface area contributed by atoms with E-state index in [9.17, 15) is 23.6 Å². The van der Waals surface area contributed by atoms with Crippen LogP contribution in [0, 0.1) is 5.92 Å². The van der Waals surface area contributed by atoms with E-state index in [1.807, 2.05) is 49.0 Å². The Balaban J connectivity index is 0.885. The summed E-state index contributed by atoms with van der Waals surface area (Å²) in [4.78, 5) is 52.8. The number of morpholine rings is 1. The number of pyridine rings is 1. The van der Waals surface area contributed by atoms with Gasteiger partial charge >= 0.3 is 0 Å². The molecule has 2 saturated carbocycles. The smallest absolute Gasteiger partial charge is 0.274 e. The number of piperidine rings is 1. The molecule has 4 heterocycles. The van der Waals surface area contributed by atoms with Gasteiger partial charge < -0.3 is 24.1 Å². The van der Waals surface area contributed by atoms with Gasteiger partial charge in [0.1, 0.15) is 23.4 Å². The molecule has 4 fully saturated rings. The molecule has 296 valence electrons. The standard InChI is InChI=1S/C42H49FN6O7/c1-25(2)55-38-21-35-28(19-32(38)40(51)44-34-4-3-15-48(42(34)53)36-20-33(36)43)23-49(46-35)29-9-5-27(6-10-29)22-47-16-17-54-24-30(47)18-26-7-11-31(12-8-26)56-37-13-14-39(50)45-41(37)52/h3-4,7-8,11-12,15,19,21,23,25,27,29-30,33,36-37H,5-6,9-10,13-14,16-18,20,22,24H2,1-2H3,(H,44,51)(H,45,50,52)/t27?,29?,30-,33-,36+,37?/m1/s1. The second kappa shape index (κ2) is 16.2. The predicted octanol–water partition coefficient (Wildman–Crippen LogP) is 5.38. The van der Waals surface area contributed by atoms with Gasteiger partial charge in [-0.3, -0.25) is 34.1 Å². The third-order valence-electron chi connectivity index (χ3n) is 11.4. The van der Waals surface area contributed by atoms with Gasteiger partial charge in [-0.15, -0.1) is 0 Å². The molecule has 2 aromatic carbocycles. The van der Waals surface area contributed by atoms with Crippen LogP contribution in [0.2, 0.25) is 0 Å². The summed E-state index contributed by atoms with van der Waals surface area (Å²) in [5.74, 6) is 0.429. The van der Waals surface area contributed by atoms with Crippen molar-refractivity contribution in [3.8, 4) is 11.5 Å². The summed E-state index contributed by atoms with van der Waals surface area (Å²) < 4.78 is 35.0. The summed E-state index contributed by atoms with van der Waals surface area (Å²) >= 11 is 0. The average molecular weight is 769 g/mol. The molecule has 0 radical (unpaired) electrons. The molecule has 3 amide bonds. The molecule has 2 saturated heterocycles. The third kappa shape index (κ3) is 8.51. The van der Waals surface area contributed by atoms with Crippen LogP contribution in [-0.4, -0.2) is 87.7 Å². The fourth-order valence-electron chi connectivity index (χ4n) is 8.25. The first-order valence-electron chi connectivity index (χ1n) is 19.8. The molecule has 56 heavy (non-hydrogen) atoms. The normalized spacial score (nSPS) is 25.6. The van der Waals surface area contributed by atoms with Crippen LogP contribution in [0.4, 0.5) is 10.1 Å². The molecule has 14 heteroatoms. The number of hydrogen-bond donors (Lipinski definition) is 2. The zero-order valence-electron chi connectivity index (χ0n) is 31.8. The number of aromatic nitrogens is 3. The SMILES string of the molecule is CC(C)Oc1cc2nn(C3CCC(CN4CCOC[C@H]4Cc4ccc(OC5CCC(=O)NC5=O)cc4)CC3)cc2cc1C(=O)Nc1cccn([C@H]2C[C@H]2F)c1=O. The molecule has 0 bridgehead atoms. The van der Waals surface area contributed by atoms with E-state index in [1.165, 1.54) is 16.2 Å². The second-order valence-corrected chi connectivity index (χ2v) is 15.9. The van der Waals surface area contributed by atoms with Gasteiger partial charge in [0.15, 0.2) is 6.10 Å². The van der Waals surface area contributed by atoms with Gasteiger partial charge in [0.05, 0.1) is 42.5 Å². The van der Waals surface area contributed by atoms with Crippen LogP contribution in [0.3, 0.4) is 0 Å². The highest BCUT2D eigenvalue weighted by molar-refractivity contribution is 6.08. The lowest BCUT2D eigenvalue weighted by Crippen LogP contribution is -2.48. The van der Waals surface area contributed by atoms with E-state index < -0.39 is 29.8 Å². The first kappa shape index (κ1) is 37.8. The molecule has 2 aliphatic heterocycles. The van der Waals surface area contributed by atoms with Crippen molar-refractivity contribution in [2.75, 3.05) is 31.6 Å². The molecule has 2 aliphatic carbocycles. The van der Waals surface area contributed by atoms with E-state index >= 15 is 0 Å². The van der Waals surface area contributed by atoms with Crippen molar-refractivity contribution in [1.82, 2.24) is 24.6 Å². The molecule has 2 aromatic heterocycles. The van der Waals surface area contributed by atoms with Crippen LogP contribution >= 0.6 is 0 Å². The molecule has 1 unspecified atom stereocenters. The lowest BCUT2D eigenvalue weighted by atomic mass is 9.85. The summed E-state index contributed by atoms with van der Waals surface area (Å²) in [7, 11) is 0. The Bertz CT molecular complexity index is 2140. The highest BCUT2D eigenvalue weighted by Crippen LogP contribution is 2.38. The molecule has 8 rings (SSSR count). The Morgan fingerprint density at radius 1 is 1.07 bits per heavy atom.